The van der Waals surface area contributed by atoms with Gasteiger partial charge in [0.2, 0.25) is 5.13 Å². The molecule has 3 aromatic rings. The van der Waals surface area contributed by atoms with E-state index in [0.29, 0.717) is 6.42 Å². The smallest absolute Gasteiger partial charge is 0.416 e. The van der Waals surface area contributed by atoms with Gasteiger partial charge in [-0.3, -0.25) is 4.79 Å². The lowest BCUT2D eigenvalue weighted by molar-refractivity contribution is -0.137. The predicted octanol–water partition coefficient (Wildman–Crippen LogP) is 4.85. The maximum absolute atomic E-state index is 13.2. The summed E-state index contributed by atoms with van der Waals surface area (Å²) in [7, 11) is -3.86. The van der Waals surface area contributed by atoms with Gasteiger partial charge in [-0.25, -0.2) is 12.7 Å². The van der Waals surface area contributed by atoms with E-state index < -0.39 is 27.7 Å². The largest absolute Gasteiger partial charge is 0.493 e. The van der Waals surface area contributed by atoms with Crippen LogP contribution in [0.4, 0.5) is 18.3 Å². The molecule has 1 amide bonds. The summed E-state index contributed by atoms with van der Waals surface area (Å²) in [5.74, 6) is -0.713. The Labute approximate surface area is 216 Å². The van der Waals surface area contributed by atoms with Crippen molar-refractivity contribution in [3.8, 4) is 5.75 Å². The summed E-state index contributed by atoms with van der Waals surface area (Å²) >= 11 is 1.13. The number of amides is 1. The van der Waals surface area contributed by atoms with Crippen LogP contribution in [0.5, 0.6) is 5.75 Å². The molecular formula is C24H25F3N4O4S2. The number of nitrogens with one attached hydrogen (secondary N) is 1. The van der Waals surface area contributed by atoms with Crippen molar-refractivity contribution in [2.45, 2.75) is 56.3 Å². The van der Waals surface area contributed by atoms with E-state index in [1.165, 1.54) is 21.9 Å². The van der Waals surface area contributed by atoms with Crippen LogP contribution in [0.2, 0.25) is 0 Å². The number of alkyl halides is 3. The number of carbonyl (C=O) groups is 1. The number of nitrogens with zero attached hydrogens (tertiary/aromatic N) is 3. The Bertz CT molecular complexity index is 1360. The number of hydrogen-bond acceptors (Lipinski definition) is 7. The van der Waals surface area contributed by atoms with E-state index in [2.05, 4.69) is 15.5 Å². The summed E-state index contributed by atoms with van der Waals surface area (Å²) in [5, 5.41) is 10.7. The highest BCUT2D eigenvalue weighted by atomic mass is 32.2. The summed E-state index contributed by atoms with van der Waals surface area (Å²) in [4.78, 5) is 12.9. The SMILES string of the molecule is CCOc1cc(C(F)(F)F)ccc1C(=O)NC1CC1c1ccc(S(=O)(=O)N(c2nncs2)C(C)C)cc1. The topological polar surface area (TPSA) is 101 Å². The van der Waals surface area contributed by atoms with E-state index in [-0.39, 0.29) is 45.9 Å². The standard InChI is InChI=1S/C24H25F3N4O4S2/c1-4-35-21-11-16(24(25,26)27)7-10-18(21)22(32)29-20-12-19(20)15-5-8-17(9-6-15)37(33,34)31(14(2)3)23-30-28-13-36-23/h5-11,13-14,19-20H,4,12H2,1-3H3,(H,29,32). The summed E-state index contributed by atoms with van der Waals surface area (Å²) in [6, 6.07) is 8.61. The molecule has 37 heavy (non-hydrogen) atoms. The minimum absolute atomic E-state index is 0.0207. The first-order valence-electron chi connectivity index (χ1n) is 11.5. The highest BCUT2D eigenvalue weighted by Gasteiger charge is 2.40. The molecule has 0 spiro atoms. The summed E-state index contributed by atoms with van der Waals surface area (Å²) in [6.45, 7) is 5.23. The third-order valence-electron chi connectivity index (χ3n) is 5.83. The van der Waals surface area contributed by atoms with Crippen molar-refractivity contribution < 1.29 is 31.1 Å². The van der Waals surface area contributed by atoms with Gasteiger partial charge in [0.05, 0.1) is 22.6 Å². The zero-order valence-electron chi connectivity index (χ0n) is 20.2. The number of sulfonamides is 1. The quantitative estimate of drug-likeness (QED) is 0.406. The number of anilines is 1. The van der Waals surface area contributed by atoms with Crippen LogP contribution in [0, 0.1) is 0 Å². The lowest BCUT2D eigenvalue weighted by Gasteiger charge is -2.25. The normalized spacial score (nSPS) is 17.5. The first-order valence-corrected chi connectivity index (χ1v) is 13.8. The molecule has 13 heteroatoms. The Kier molecular flexibility index (Phi) is 7.47. The average molecular weight is 555 g/mol. The van der Waals surface area contributed by atoms with Crippen molar-refractivity contribution in [1.29, 1.82) is 0 Å². The Morgan fingerprint density at radius 2 is 1.92 bits per heavy atom. The molecule has 1 saturated carbocycles. The average Bonchev–Trinajstić information content (AvgIpc) is 3.39. The fraction of sp³-hybridized carbons (Fsp3) is 0.375. The molecule has 1 aromatic heterocycles. The zero-order valence-corrected chi connectivity index (χ0v) is 21.8. The molecule has 2 aromatic carbocycles. The van der Waals surface area contributed by atoms with Crippen LogP contribution in [-0.2, 0) is 16.2 Å². The van der Waals surface area contributed by atoms with E-state index in [9.17, 15) is 26.4 Å². The van der Waals surface area contributed by atoms with Gasteiger partial charge in [0.1, 0.15) is 11.3 Å². The molecule has 198 valence electrons. The van der Waals surface area contributed by atoms with Crippen LogP contribution < -0.4 is 14.4 Å². The molecule has 0 bridgehead atoms. The number of hydrogen-bond donors (Lipinski definition) is 1. The molecule has 1 heterocycles. The molecule has 1 fully saturated rings. The fourth-order valence-corrected chi connectivity index (χ4v) is 6.52. The van der Waals surface area contributed by atoms with Crippen LogP contribution in [0.3, 0.4) is 0 Å². The number of ether oxygens (including phenoxy) is 1. The van der Waals surface area contributed by atoms with Crippen molar-refractivity contribution in [1.82, 2.24) is 15.5 Å². The highest BCUT2D eigenvalue weighted by Crippen LogP contribution is 2.42. The van der Waals surface area contributed by atoms with Gasteiger partial charge in [0.15, 0.2) is 0 Å². The minimum atomic E-state index is -4.55. The van der Waals surface area contributed by atoms with Gasteiger partial charge in [-0.05, 0) is 63.1 Å². The Balaban J connectivity index is 1.46. The van der Waals surface area contributed by atoms with Gasteiger partial charge in [-0.15, -0.1) is 10.2 Å². The first kappa shape index (κ1) is 26.9. The Morgan fingerprint density at radius 3 is 2.49 bits per heavy atom. The van der Waals surface area contributed by atoms with E-state index in [0.717, 1.165) is 35.1 Å². The lowest BCUT2D eigenvalue weighted by Crippen LogP contribution is -2.37. The van der Waals surface area contributed by atoms with Crippen molar-refractivity contribution >= 4 is 32.4 Å². The van der Waals surface area contributed by atoms with Crippen molar-refractivity contribution in [3.05, 3.63) is 64.7 Å². The predicted molar refractivity (Wildman–Crippen MR) is 132 cm³/mol. The fourth-order valence-electron chi connectivity index (χ4n) is 4.00. The van der Waals surface area contributed by atoms with Gasteiger partial charge in [0.25, 0.3) is 15.9 Å². The molecule has 2 atom stereocenters. The van der Waals surface area contributed by atoms with Crippen LogP contribution >= 0.6 is 11.3 Å². The van der Waals surface area contributed by atoms with E-state index in [1.54, 1.807) is 32.9 Å². The van der Waals surface area contributed by atoms with Gasteiger partial charge in [0, 0.05) is 18.0 Å². The maximum atomic E-state index is 13.2. The number of aromatic nitrogens is 2. The monoisotopic (exact) mass is 554 g/mol. The van der Waals surface area contributed by atoms with Crippen LogP contribution in [0.15, 0.2) is 52.9 Å². The summed E-state index contributed by atoms with van der Waals surface area (Å²) in [5.41, 5.74) is 1.43. The number of rotatable bonds is 9. The lowest BCUT2D eigenvalue weighted by atomic mass is 10.1. The molecule has 2 unspecified atom stereocenters. The van der Waals surface area contributed by atoms with Crippen molar-refractivity contribution in [3.63, 3.8) is 0 Å². The molecule has 8 nitrogen and oxygen atoms in total. The second-order valence-electron chi connectivity index (χ2n) is 8.75. The van der Waals surface area contributed by atoms with Crippen LogP contribution in [0.25, 0.3) is 0 Å². The molecule has 1 aliphatic rings. The first-order chi connectivity index (χ1) is 17.4. The summed E-state index contributed by atoms with van der Waals surface area (Å²) in [6.07, 6.45) is -3.93. The molecule has 0 radical (unpaired) electrons. The Morgan fingerprint density at radius 1 is 1.22 bits per heavy atom. The zero-order chi connectivity index (χ0) is 27.0. The molecular weight excluding hydrogens is 529 g/mol. The molecule has 1 aliphatic carbocycles. The van der Waals surface area contributed by atoms with Crippen molar-refractivity contribution in [2.24, 2.45) is 0 Å². The second kappa shape index (κ2) is 10.3. The minimum Gasteiger partial charge on any atom is -0.493 e. The Hall–Kier alpha value is -3.19. The molecule has 0 saturated heterocycles. The van der Waals surface area contributed by atoms with Crippen molar-refractivity contribution in [2.75, 3.05) is 10.9 Å². The van der Waals surface area contributed by atoms with Gasteiger partial charge < -0.3 is 10.1 Å². The number of carbonyl (C=O) groups excluding carboxylic acids is 1. The second-order valence-corrected chi connectivity index (χ2v) is 11.4. The van der Waals surface area contributed by atoms with Crippen LogP contribution in [0.1, 0.15) is 54.6 Å². The highest BCUT2D eigenvalue weighted by molar-refractivity contribution is 7.93. The van der Waals surface area contributed by atoms with Gasteiger partial charge in [-0.1, -0.05) is 23.5 Å². The third-order valence-corrected chi connectivity index (χ3v) is 8.62. The van der Waals surface area contributed by atoms with Crippen LogP contribution in [-0.4, -0.2) is 43.2 Å². The van der Waals surface area contributed by atoms with E-state index in [4.69, 9.17) is 4.74 Å². The van der Waals surface area contributed by atoms with E-state index in [1.807, 2.05) is 0 Å². The number of benzene rings is 2. The summed E-state index contributed by atoms with van der Waals surface area (Å²) < 4.78 is 72.1. The van der Waals surface area contributed by atoms with Gasteiger partial charge >= 0.3 is 6.18 Å². The molecule has 4 rings (SSSR count). The van der Waals surface area contributed by atoms with Gasteiger partial charge in [-0.2, -0.15) is 13.2 Å². The maximum Gasteiger partial charge on any atom is 0.416 e. The number of halogens is 3. The third kappa shape index (κ3) is 5.72. The molecule has 1 N–H and O–H groups in total. The molecule has 0 aliphatic heterocycles. The van der Waals surface area contributed by atoms with E-state index >= 15 is 0 Å².